The topological polar surface area (TPSA) is 180 Å². The molecule has 0 spiro atoms. The van der Waals surface area contributed by atoms with Crippen molar-refractivity contribution in [2.24, 2.45) is 5.73 Å². The van der Waals surface area contributed by atoms with Crippen LogP contribution in [0.25, 0.3) is 11.0 Å². The van der Waals surface area contributed by atoms with E-state index in [1.165, 1.54) is 19.2 Å². The van der Waals surface area contributed by atoms with Crippen LogP contribution in [0, 0.1) is 6.92 Å². The van der Waals surface area contributed by atoms with Crippen LogP contribution in [0.3, 0.4) is 0 Å². The molecule has 12 nitrogen and oxygen atoms in total. The maximum absolute atomic E-state index is 12.7. The molecule has 40 heavy (non-hydrogen) atoms. The summed E-state index contributed by atoms with van der Waals surface area (Å²) >= 11 is 0. The van der Waals surface area contributed by atoms with Gasteiger partial charge in [0.1, 0.15) is 17.4 Å². The molecule has 1 aromatic heterocycles. The molecule has 5 N–H and O–H groups in total. The van der Waals surface area contributed by atoms with Gasteiger partial charge in [-0.15, -0.1) is 0 Å². The summed E-state index contributed by atoms with van der Waals surface area (Å²) in [6.07, 6.45) is -5.44. The Balaban J connectivity index is 1.57. The van der Waals surface area contributed by atoms with Crippen LogP contribution in [-0.4, -0.2) is 59.5 Å². The molecular formula is C28H32N2O10. The lowest BCUT2D eigenvalue weighted by Crippen LogP contribution is -2.65. The van der Waals surface area contributed by atoms with E-state index in [0.717, 1.165) is 5.56 Å². The molecule has 0 radical (unpaired) electrons. The molecule has 214 valence electrons. The van der Waals surface area contributed by atoms with Gasteiger partial charge in [0.05, 0.1) is 11.0 Å². The van der Waals surface area contributed by atoms with Gasteiger partial charge < -0.3 is 44.6 Å². The highest BCUT2D eigenvalue weighted by atomic mass is 16.7. The summed E-state index contributed by atoms with van der Waals surface area (Å²) in [7, 11) is 1.38. The molecule has 2 aromatic carbocycles. The zero-order chi connectivity index (χ0) is 29.2. The zero-order valence-electron chi connectivity index (χ0n) is 22.5. The summed E-state index contributed by atoms with van der Waals surface area (Å²) in [5.74, 6) is -0.763. The number of aliphatic hydroxyl groups excluding tert-OH is 1. The number of methoxy groups -OCH3 is 1. The number of aromatic hydroxyl groups is 1. The number of aliphatic hydroxyl groups is 1. The fourth-order valence-corrected chi connectivity index (χ4v) is 4.78. The largest absolute Gasteiger partial charge is 0.505 e. The second-order valence-corrected chi connectivity index (χ2v) is 9.97. The van der Waals surface area contributed by atoms with Crippen molar-refractivity contribution in [1.82, 2.24) is 0 Å². The smallest absolute Gasteiger partial charge is 0.404 e. The minimum atomic E-state index is -1.49. The molecular weight excluding hydrogens is 524 g/mol. The quantitative estimate of drug-likeness (QED) is 0.301. The highest BCUT2D eigenvalue weighted by molar-refractivity contribution is 5.97. The summed E-state index contributed by atoms with van der Waals surface area (Å²) in [6, 6.07) is 12.3. The van der Waals surface area contributed by atoms with Gasteiger partial charge in [0.2, 0.25) is 12.2 Å². The van der Waals surface area contributed by atoms with Crippen molar-refractivity contribution in [3.05, 3.63) is 64.0 Å². The minimum Gasteiger partial charge on any atom is -0.505 e. The third kappa shape index (κ3) is 5.88. The van der Waals surface area contributed by atoms with Crippen molar-refractivity contribution < 1.29 is 43.2 Å². The Kier molecular flexibility index (Phi) is 8.33. The Morgan fingerprint density at radius 2 is 1.85 bits per heavy atom. The first-order chi connectivity index (χ1) is 18.9. The van der Waals surface area contributed by atoms with Gasteiger partial charge in [-0.3, -0.25) is 4.79 Å². The third-order valence-electron chi connectivity index (χ3n) is 6.76. The monoisotopic (exact) mass is 556 g/mol. The zero-order valence-corrected chi connectivity index (χ0v) is 22.5. The number of amides is 2. The maximum atomic E-state index is 12.7. The summed E-state index contributed by atoms with van der Waals surface area (Å²) in [6.45, 7) is 4.91. The average Bonchev–Trinajstić information content (AvgIpc) is 2.90. The lowest BCUT2D eigenvalue weighted by atomic mass is 9.89. The molecule has 1 saturated heterocycles. The van der Waals surface area contributed by atoms with Gasteiger partial charge in [0, 0.05) is 19.1 Å². The molecule has 1 fully saturated rings. The molecule has 1 aliphatic heterocycles. The Morgan fingerprint density at radius 1 is 1.15 bits per heavy atom. The summed E-state index contributed by atoms with van der Waals surface area (Å²) < 4.78 is 27.8. The Morgan fingerprint density at radius 3 is 2.50 bits per heavy atom. The first-order valence-electron chi connectivity index (χ1n) is 12.6. The molecule has 0 aliphatic carbocycles. The predicted molar refractivity (Wildman–Crippen MR) is 143 cm³/mol. The highest BCUT2D eigenvalue weighted by Crippen LogP contribution is 2.38. The van der Waals surface area contributed by atoms with Crippen LogP contribution in [-0.2, 0) is 25.4 Å². The van der Waals surface area contributed by atoms with Crippen LogP contribution in [0.4, 0.5) is 10.5 Å². The van der Waals surface area contributed by atoms with E-state index >= 15 is 0 Å². The number of carbonyl (C=O) groups is 2. The molecule has 12 heteroatoms. The van der Waals surface area contributed by atoms with Gasteiger partial charge in [0.25, 0.3) is 0 Å². The van der Waals surface area contributed by atoms with E-state index in [9.17, 15) is 24.6 Å². The number of aryl methyl sites for hydroxylation is 2. The van der Waals surface area contributed by atoms with Crippen molar-refractivity contribution in [2.45, 2.75) is 63.8 Å². The number of benzene rings is 2. The molecule has 0 unspecified atom stereocenters. The van der Waals surface area contributed by atoms with Gasteiger partial charge in [-0.2, -0.15) is 0 Å². The predicted octanol–water partition coefficient (Wildman–Crippen LogP) is 2.73. The molecule has 2 amide bonds. The third-order valence-corrected chi connectivity index (χ3v) is 6.76. The number of fused-ring (bicyclic) bond motifs is 1. The summed E-state index contributed by atoms with van der Waals surface area (Å²) in [5.41, 5.74) is 4.06. The Bertz CT molecular complexity index is 1450. The first-order valence-corrected chi connectivity index (χ1v) is 12.6. The number of hydrogen-bond acceptors (Lipinski definition) is 10. The molecule has 0 saturated carbocycles. The molecule has 4 rings (SSSR count). The standard InChI is InChI=1S/C28H32N2O10/c1-14-17(37-26-21(33)23(39-27(29)35)24(36-4)28(2,3)40-26)12-11-16-20(32)19(25(34)38-22(14)16)30-18(31)13-10-15-8-6-5-7-9-15/h5-9,11-12,21,23-24,26,32-33H,10,13H2,1-4H3,(H2,29,35)(H,30,31)/t21-,23+,24-,26-/m1/s1. The van der Waals surface area contributed by atoms with Gasteiger partial charge in [-0.25, -0.2) is 9.59 Å². The van der Waals surface area contributed by atoms with Crippen molar-refractivity contribution in [3.63, 3.8) is 0 Å². The van der Waals surface area contributed by atoms with Crippen LogP contribution in [0.1, 0.15) is 31.4 Å². The summed E-state index contributed by atoms with van der Waals surface area (Å²) in [4.78, 5) is 36.7. The summed E-state index contributed by atoms with van der Waals surface area (Å²) in [5, 5.41) is 24.3. The second kappa shape index (κ2) is 11.5. The van der Waals surface area contributed by atoms with Crippen LogP contribution in [0.15, 0.2) is 51.7 Å². The number of anilines is 1. The van der Waals surface area contributed by atoms with Crippen molar-refractivity contribution in [3.8, 4) is 11.5 Å². The van der Waals surface area contributed by atoms with Crippen LogP contribution in [0.2, 0.25) is 0 Å². The minimum absolute atomic E-state index is 0.00606. The highest BCUT2D eigenvalue weighted by Gasteiger charge is 2.53. The fourth-order valence-electron chi connectivity index (χ4n) is 4.78. The first kappa shape index (κ1) is 28.9. The fraction of sp³-hybridized carbons (Fsp3) is 0.393. The molecule has 3 aromatic rings. The van der Waals surface area contributed by atoms with Crippen LogP contribution >= 0.6 is 0 Å². The van der Waals surface area contributed by atoms with E-state index in [1.54, 1.807) is 20.8 Å². The maximum Gasteiger partial charge on any atom is 0.404 e. The lowest BCUT2D eigenvalue weighted by molar-refractivity contribution is -0.304. The number of ether oxygens (including phenoxy) is 4. The second-order valence-electron chi connectivity index (χ2n) is 9.97. The van der Waals surface area contributed by atoms with Gasteiger partial charge in [0.15, 0.2) is 23.6 Å². The van der Waals surface area contributed by atoms with E-state index in [-0.39, 0.29) is 28.8 Å². The Labute approximate surface area is 229 Å². The van der Waals surface area contributed by atoms with E-state index in [1.807, 2.05) is 30.3 Å². The van der Waals surface area contributed by atoms with Gasteiger partial charge in [-0.1, -0.05) is 30.3 Å². The van der Waals surface area contributed by atoms with E-state index in [0.29, 0.717) is 12.0 Å². The van der Waals surface area contributed by atoms with Gasteiger partial charge >= 0.3 is 11.7 Å². The van der Waals surface area contributed by atoms with Gasteiger partial charge in [-0.05, 0) is 44.9 Å². The van der Waals surface area contributed by atoms with Crippen LogP contribution < -0.4 is 21.4 Å². The number of hydrogen-bond donors (Lipinski definition) is 4. The number of nitrogens with one attached hydrogen (secondary N) is 1. The van der Waals surface area contributed by atoms with Crippen LogP contribution in [0.5, 0.6) is 11.5 Å². The van der Waals surface area contributed by atoms with E-state index < -0.39 is 53.6 Å². The molecule has 2 heterocycles. The molecule has 0 bridgehead atoms. The lowest BCUT2D eigenvalue weighted by Gasteiger charge is -2.47. The number of nitrogens with two attached hydrogens (primary N) is 1. The van der Waals surface area contributed by atoms with Crippen molar-refractivity contribution in [2.75, 3.05) is 12.4 Å². The average molecular weight is 557 g/mol. The molecule has 4 atom stereocenters. The Hall–Kier alpha value is -4.13. The molecule has 1 aliphatic rings. The van der Waals surface area contributed by atoms with Crippen molar-refractivity contribution in [1.29, 1.82) is 0 Å². The normalized spacial score (nSPS) is 22.0. The van der Waals surface area contributed by atoms with Crippen molar-refractivity contribution >= 4 is 28.7 Å². The number of primary amides is 1. The van der Waals surface area contributed by atoms with E-state index in [2.05, 4.69) is 5.32 Å². The SMILES string of the molecule is CO[C@@H]1[C@@H](OC(N)=O)[C@@H](O)[C@H](Oc2ccc3c(O)c(NC(=O)CCc4ccccc4)c(=O)oc3c2C)OC1(C)C. The number of carbonyl (C=O) groups excluding carboxylic acids is 2. The van der Waals surface area contributed by atoms with E-state index in [4.69, 9.17) is 29.1 Å². The number of rotatable bonds is 8.